The van der Waals surface area contributed by atoms with Crippen molar-refractivity contribution in [3.8, 4) is 0 Å². The molecule has 194 valence electrons. The van der Waals surface area contributed by atoms with Gasteiger partial charge >= 0.3 is 0 Å². The summed E-state index contributed by atoms with van der Waals surface area (Å²) in [4.78, 5) is 30.0. The highest BCUT2D eigenvalue weighted by Gasteiger charge is 2.29. The first-order valence-corrected chi connectivity index (χ1v) is 13.0. The Morgan fingerprint density at radius 2 is 1.54 bits per heavy atom. The molecule has 2 aliphatic rings. The predicted octanol–water partition coefficient (Wildman–Crippen LogP) is 4.64. The van der Waals surface area contributed by atoms with Crippen molar-refractivity contribution >= 4 is 52.1 Å². The third-order valence-electron chi connectivity index (χ3n) is 6.05. The number of ketones is 1. The van der Waals surface area contributed by atoms with Crippen LogP contribution in [0, 0.1) is 24.4 Å². The highest BCUT2D eigenvalue weighted by molar-refractivity contribution is 8.23. The molecule has 2 aromatic rings. The molecule has 10 heteroatoms. The van der Waals surface area contributed by atoms with Gasteiger partial charge < -0.3 is 14.5 Å². The third kappa shape index (κ3) is 6.88. The third-order valence-corrected chi connectivity index (χ3v) is 7.56. The largest absolute Gasteiger partial charge is 0.378 e. The number of benzene rings is 2. The summed E-state index contributed by atoms with van der Waals surface area (Å²) in [6.07, 6.45) is 3.08. The monoisotopic (exact) mass is 546 g/mol. The van der Waals surface area contributed by atoms with E-state index in [1.165, 1.54) is 34.9 Å². The minimum atomic E-state index is -1.03. The van der Waals surface area contributed by atoms with Crippen molar-refractivity contribution in [1.82, 2.24) is 9.80 Å². The summed E-state index contributed by atoms with van der Waals surface area (Å²) < 4.78 is 46.9. The van der Waals surface area contributed by atoms with Crippen molar-refractivity contribution in [2.45, 2.75) is 6.92 Å². The molecule has 0 N–H and O–H groups in total. The van der Waals surface area contributed by atoms with Crippen LogP contribution < -0.4 is 0 Å². The number of thiocarbonyl (C=S) groups is 1. The number of Topliss-reactive ketones (excluding diaryl/α,β-unsaturated/α-hetero) is 1. The molecule has 0 bridgehead atoms. The topological polar surface area (TPSA) is 49.9 Å². The van der Waals surface area contributed by atoms with Gasteiger partial charge in [0.15, 0.2) is 17.4 Å². The summed E-state index contributed by atoms with van der Waals surface area (Å²) in [6.45, 7) is 4.21. The fourth-order valence-electron chi connectivity index (χ4n) is 4.03. The van der Waals surface area contributed by atoms with E-state index < -0.39 is 11.6 Å². The molecule has 2 heterocycles. The van der Waals surface area contributed by atoms with Crippen LogP contribution in [-0.2, 0) is 14.3 Å². The summed E-state index contributed by atoms with van der Waals surface area (Å²) in [7, 11) is 0. The second-order valence-corrected chi connectivity index (χ2v) is 10.4. The van der Waals surface area contributed by atoms with Crippen LogP contribution in [0.1, 0.15) is 16.7 Å². The normalized spacial score (nSPS) is 18.5. The molecule has 0 aliphatic carbocycles. The minimum Gasteiger partial charge on any atom is -0.378 e. The van der Waals surface area contributed by atoms with Gasteiger partial charge in [-0.1, -0.05) is 36.1 Å². The average Bonchev–Trinajstić information content (AvgIpc) is 2.89. The number of aryl methyl sites for hydroxylation is 1. The number of piperidine rings is 1. The lowest BCUT2D eigenvalue weighted by Gasteiger charge is -2.31. The first-order chi connectivity index (χ1) is 17.7. The van der Waals surface area contributed by atoms with Gasteiger partial charge in [0.1, 0.15) is 10.1 Å². The maximum absolute atomic E-state index is 13.8. The molecular formula is C27H25F3N2O3S2. The summed E-state index contributed by atoms with van der Waals surface area (Å²) in [5.74, 6) is -2.82. The Morgan fingerprint density at radius 1 is 0.946 bits per heavy atom. The first-order valence-electron chi connectivity index (χ1n) is 11.7. The van der Waals surface area contributed by atoms with Crippen molar-refractivity contribution in [3.05, 3.63) is 81.7 Å². The smallest absolute Gasteiger partial charge is 0.233 e. The van der Waals surface area contributed by atoms with Crippen LogP contribution in [0.3, 0.4) is 0 Å². The van der Waals surface area contributed by atoms with Crippen molar-refractivity contribution in [2.75, 3.05) is 45.1 Å². The number of carbonyl (C=O) groups excluding carboxylic acids is 2. The predicted molar refractivity (Wildman–Crippen MR) is 142 cm³/mol. The molecule has 0 unspecified atom stereocenters. The molecule has 2 aliphatic heterocycles. The van der Waals surface area contributed by atoms with Crippen LogP contribution >= 0.6 is 24.0 Å². The minimum absolute atomic E-state index is 0.0152. The number of nitrogens with zero attached hydrogens (tertiary/aromatic N) is 2. The molecule has 2 saturated heterocycles. The molecule has 2 aromatic carbocycles. The van der Waals surface area contributed by atoms with Gasteiger partial charge in [0.2, 0.25) is 5.91 Å². The molecule has 37 heavy (non-hydrogen) atoms. The highest BCUT2D eigenvalue weighted by atomic mass is 32.2. The Hall–Kier alpha value is -2.95. The fourth-order valence-corrected chi connectivity index (χ4v) is 5.18. The second-order valence-electron chi connectivity index (χ2n) is 8.75. The number of hydrogen-bond acceptors (Lipinski definition) is 5. The van der Waals surface area contributed by atoms with Gasteiger partial charge in [-0.25, -0.2) is 13.2 Å². The summed E-state index contributed by atoms with van der Waals surface area (Å²) in [5.41, 5.74) is 1.94. The van der Waals surface area contributed by atoms with Crippen molar-refractivity contribution in [1.29, 1.82) is 0 Å². The molecule has 0 atom stereocenters. The number of halogens is 3. The maximum atomic E-state index is 13.8. The van der Waals surface area contributed by atoms with Crippen molar-refractivity contribution in [2.24, 2.45) is 0 Å². The highest BCUT2D eigenvalue weighted by Crippen LogP contribution is 2.24. The van der Waals surface area contributed by atoms with E-state index in [0.29, 0.717) is 52.9 Å². The maximum Gasteiger partial charge on any atom is 0.233 e. The second kappa shape index (κ2) is 12.1. The van der Waals surface area contributed by atoms with Crippen LogP contribution in [0.4, 0.5) is 13.2 Å². The van der Waals surface area contributed by atoms with Gasteiger partial charge in [-0.05, 0) is 60.0 Å². The van der Waals surface area contributed by atoms with Gasteiger partial charge in [0, 0.05) is 37.3 Å². The van der Waals surface area contributed by atoms with E-state index >= 15 is 0 Å². The van der Waals surface area contributed by atoms with E-state index in [0.717, 1.165) is 12.1 Å². The average molecular weight is 547 g/mol. The zero-order valence-corrected chi connectivity index (χ0v) is 21.8. The van der Waals surface area contributed by atoms with Crippen LogP contribution in [0.2, 0.25) is 0 Å². The Labute approximate surface area is 223 Å². The number of morpholine rings is 1. The van der Waals surface area contributed by atoms with Gasteiger partial charge in [0.05, 0.1) is 19.0 Å². The number of rotatable bonds is 4. The molecule has 0 radical (unpaired) electrons. The van der Waals surface area contributed by atoms with Crippen molar-refractivity contribution in [3.63, 3.8) is 0 Å². The summed E-state index contributed by atoms with van der Waals surface area (Å²) in [5, 5.41) is 0. The van der Waals surface area contributed by atoms with Gasteiger partial charge in [-0.2, -0.15) is 0 Å². The number of thioether (sulfide) groups is 1. The summed E-state index contributed by atoms with van der Waals surface area (Å²) >= 11 is 6.72. The molecule has 0 aromatic heterocycles. The van der Waals surface area contributed by atoms with E-state index in [1.807, 2.05) is 4.90 Å². The lowest BCUT2D eigenvalue weighted by molar-refractivity contribution is -0.128. The van der Waals surface area contributed by atoms with E-state index in [2.05, 4.69) is 0 Å². The Balaban J connectivity index is 1.58. The molecule has 0 spiro atoms. The molecular weight excluding hydrogens is 521 g/mol. The number of ether oxygens (including phenoxy) is 1. The van der Waals surface area contributed by atoms with Crippen LogP contribution in [0.15, 0.2) is 47.5 Å². The van der Waals surface area contributed by atoms with E-state index in [9.17, 15) is 22.8 Å². The fraction of sp³-hybridized carbons (Fsp3) is 0.296. The quantitative estimate of drug-likeness (QED) is 0.412. The Kier molecular flexibility index (Phi) is 8.83. The van der Waals surface area contributed by atoms with Gasteiger partial charge in [0.25, 0.3) is 0 Å². The number of carbonyl (C=O) groups is 2. The first kappa shape index (κ1) is 27.1. The van der Waals surface area contributed by atoms with Crippen LogP contribution in [0.25, 0.3) is 12.2 Å². The zero-order chi connectivity index (χ0) is 26.5. The zero-order valence-electron chi connectivity index (χ0n) is 20.1. The lowest BCUT2D eigenvalue weighted by Crippen LogP contribution is -2.43. The SMILES string of the molecule is Cc1cc(/C=C2\CN(C(=O)CSC(=S)N3CCOCC3)C/C(=C\c3ccc(F)c(F)c3)C2=O)ccc1F. The molecule has 2 fully saturated rings. The standard InChI is InChI=1S/C27H25F3N2O3S2/c1-17-10-18(2-4-22(17)28)11-20-14-32(25(33)16-37-27(36)31-6-8-35-9-7-31)15-21(26(20)34)12-19-3-5-23(29)24(30)13-19/h2-5,10-13H,6-9,14-16H2,1H3/b20-11+,21-12+. The van der Waals surface area contributed by atoms with E-state index in [-0.39, 0.29) is 41.9 Å². The molecule has 0 saturated carbocycles. The molecule has 1 amide bonds. The van der Waals surface area contributed by atoms with Gasteiger partial charge in [-0.15, -0.1) is 0 Å². The summed E-state index contributed by atoms with van der Waals surface area (Å²) in [6, 6.07) is 7.84. The number of amides is 1. The van der Waals surface area contributed by atoms with E-state index in [4.69, 9.17) is 17.0 Å². The van der Waals surface area contributed by atoms with E-state index in [1.54, 1.807) is 25.1 Å². The van der Waals surface area contributed by atoms with Crippen molar-refractivity contribution < 1.29 is 27.5 Å². The number of hydrogen-bond donors (Lipinski definition) is 0. The van der Waals surface area contributed by atoms with Crippen LogP contribution in [0.5, 0.6) is 0 Å². The molecule has 4 rings (SSSR count). The number of likely N-dealkylation sites (tertiary alicyclic amines) is 1. The Morgan fingerprint density at radius 3 is 2.14 bits per heavy atom. The molecule has 5 nitrogen and oxygen atoms in total. The lowest BCUT2D eigenvalue weighted by atomic mass is 9.94. The van der Waals surface area contributed by atoms with Gasteiger partial charge in [-0.3, -0.25) is 9.59 Å². The van der Waals surface area contributed by atoms with Crippen LogP contribution in [-0.4, -0.2) is 71.0 Å². The Bertz CT molecular complexity index is 1220.